The van der Waals surface area contributed by atoms with Crippen LogP contribution in [-0.2, 0) is 4.74 Å². The van der Waals surface area contributed by atoms with Crippen LogP contribution in [0.15, 0.2) is 42.5 Å². The molecule has 4 nitrogen and oxygen atoms in total. The molecule has 2 aliphatic heterocycles. The molecular weight excluding hydrogens is 443 g/mol. The lowest BCUT2D eigenvalue weighted by Crippen LogP contribution is -2.51. The predicted octanol–water partition coefficient (Wildman–Crippen LogP) is 5.55. The van der Waals surface area contributed by atoms with Gasteiger partial charge in [-0.05, 0) is 61.5 Å². The first-order valence-electron chi connectivity index (χ1n) is 10.6. The van der Waals surface area contributed by atoms with Crippen molar-refractivity contribution < 1.29 is 9.53 Å². The van der Waals surface area contributed by atoms with E-state index in [1.165, 1.54) is 19.3 Å². The fourth-order valence-electron chi connectivity index (χ4n) is 4.83. The lowest BCUT2D eigenvalue weighted by Gasteiger charge is -2.44. The smallest absolute Gasteiger partial charge is 0.254 e. The highest BCUT2D eigenvalue weighted by Crippen LogP contribution is 2.35. The molecule has 2 saturated heterocycles. The van der Waals surface area contributed by atoms with Crippen LogP contribution in [-0.4, -0.2) is 46.6 Å². The summed E-state index contributed by atoms with van der Waals surface area (Å²) in [6.45, 7) is 2.79. The molecule has 1 N–H and O–H groups in total. The second-order valence-corrected chi connectivity index (χ2v) is 10.6. The van der Waals surface area contributed by atoms with Gasteiger partial charge < -0.3 is 15.0 Å². The van der Waals surface area contributed by atoms with Gasteiger partial charge in [0.2, 0.25) is 3.79 Å². The number of alkyl halides is 3. The van der Waals surface area contributed by atoms with Gasteiger partial charge in [0.25, 0.3) is 5.91 Å². The van der Waals surface area contributed by atoms with E-state index in [1.54, 1.807) is 6.07 Å². The zero-order valence-corrected chi connectivity index (χ0v) is 19.1. The van der Waals surface area contributed by atoms with E-state index < -0.39 is 10.0 Å². The zero-order chi connectivity index (χ0) is 21.1. The van der Waals surface area contributed by atoms with Crippen molar-refractivity contribution >= 4 is 51.5 Å². The molecule has 7 heteroatoms. The minimum absolute atomic E-state index is 0.314. The molecule has 0 aliphatic carbocycles. The molecule has 0 radical (unpaired) electrons. The minimum atomic E-state index is -1.76. The van der Waals surface area contributed by atoms with E-state index >= 15 is 0 Å². The van der Waals surface area contributed by atoms with E-state index in [0.717, 1.165) is 36.7 Å². The fourth-order valence-corrected chi connectivity index (χ4v) is 5.18. The molecular formula is C23H27Cl3N2O2. The Bertz CT molecular complexity index is 879. The molecule has 2 aromatic rings. The van der Waals surface area contributed by atoms with Crippen LogP contribution in [0, 0.1) is 5.92 Å². The van der Waals surface area contributed by atoms with Crippen molar-refractivity contribution in [2.24, 2.45) is 5.92 Å². The Morgan fingerprint density at radius 1 is 1.07 bits per heavy atom. The number of halogens is 3. The summed E-state index contributed by atoms with van der Waals surface area (Å²) in [5.41, 5.74) is 0.534. The maximum absolute atomic E-state index is 13.0. The second-order valence-electron chi connectivity index (χ2n) is 8.26. The van der Waals surface area contributed by atoms with Gasteiger partial charge in [-0.15, -0.1) is 0 Å². The molecule has 2 fully saturated rings. The molecule has 0 unspecified atom stereocenters. The Hall–Kier alpha value is -1.04. The summed E-state index contributed by atoms with van der Waals surface area (Å²) in [4.78, 5) is 15.6. The summed E-state index contributed by atoms with van der Waals surface area (Å²) < 4.78 is 4.28. The van der Waals surface area contributed by atoms with Gasteiger partial charge in [-0.3, -0.25) is 4.79 Å². The number of rotatable bonds is 5. The summed E-state index contributed by atoms with van der Waals surface area (Å²) in [6.07, 6.45) is 4.95. The molecule has 1 amide bonds. The van der Waals surface area contributed by atoms with Gasteiger partial charge in [0.15, 0.2) is 6.23 Å². The molecule has 0 saturated carbocycles. The zero-order valence-electron chi connectivity index (χ0n) is 16.8. The van der Waals surface area contributed by atoms with E-state index in [-0.39, 0.29) is 5.91 Å². The molecule has 2 heterocycles. The van der Waals surface area contributed by atoms with Crippen LogP contribution in [0.4, 0.5) is 0 Å². The minimum Gasteiger partial charge on any atom is -0.354 e. The van der Waals surface area contributed by atoms with Crippen LogP contribution < -0.4 is 5.32 Å². The topological polar surface area (TPSA) is 41.6 Å². The number of nitrogens with one attached hydrogen (secondary N) is 1. The van der Waals surface area contributed by atoms with Crippen LogP contribution in [0.3, 0.4) is 0 Å². The lowest BCUT2D eigenvalue weighted by molar-refractivity contribution is -0.0324. The van der Waals surface area contributed by atoms with Crippen molar-refractivity contribution in [1.29, 1.82) is 0 Å². The number of hydrogen-bond acceptors (Lipinski definition) is 3. The van der Waals surface area contributed by atoms with E-state index in [9.17, 15) is 4.79 Å². The lowest BCUT2D eigenvalue weighted by atomic mass is 9.84. The molecule has 0 spiro atoms. The molecule has 162 valence electrons. The molecule has 0 bridgehead atoms. The largest absolute Gasteiger partial charge is 0.354 e. The molecule has 3 atom stereocenters. The third-order valence-corrected chi connectivity index (χ3v) is 6.89. The van der Waals surface area contributed by atoms with Crippen LogP contribution in [0.5, 0.6) is 0 Å². The molecule has 0 aromatic heterocycles. The summed E-state index contributed by atoms with van der Waals surface area (Å²) in [7, 11) is 0. The van der Waals surface area contributed by atoms with Crippen molar-refractivity contribution in [2.45, 2.75) is 48.2 Å². The number of fused-ring (bicyclic) bond motifs is 2. The number of benzene rings is 2. The van der Waals surface area contributed by atoms with Gasteiger partial charge in [0, 0.05) is 11.6 Å². The SMILES string of the molecule is O=C(N[C@@H](OC[C@@H]1CCCN2CCCC[C@H]12)C(Cl)(Cl)Cl)c1cccc2ccccc12. The average molecular weight is 470 g/mol. The molecule has 30 heavy (non-hydrogen) atoms. The van der Waals surface area contributed by atoms with Crippen LogP contribution in [0.25, 0.3) is 10.8 Å². The standard InChI is InChI=1S/C23H27Cl3N2O2/c24-23(25,26)22(30-15-17-9-6-14-28-13-4-3-12-20(17)28)27-21(29)19-11-5-8-16-7-1-2-10-18(16)19/h1-2,5,7-8,10-11,17,20,22H,3-4,6,9,12-15H2,(H,27,29)/t17-,20+,22-/m0/s1. The van der Waals surface area contributed by atoms with Crippen LogP contribution in [0.1, 0.15) is 42.5 Å². The number of piperidine rings is 2. The number of nitrogens with zero attached hydrogens (tertiary/aromatic N) is 1. The first kappa shape index (κ1) is 22.2. The highest BCUT2D eigenvalue weighted by Gasteiger charge is 2.38. The maximum atomic E-state index is 13.0. The van der Waals surface area contributed by atoms with Gasteiger partial charge >= 0.3 is 0 Å². The van der Waals surface area contributed by atoms with Gasteiger partial charge in [0.05, 0.1) is 6.61 Å². The Balaban J connectivity index is 1.46. The highest BCUT2D eigenvalue weighted by molar-refractivity contribution is 6.68. The Morgan fingerprint density at radius 3 is 2.67 bits per heavy atom. The van der Waals surface area contributed by atoms with Crippen molar-refractivity contribution in [1.82, 2.24) is 10.2 Å². The van der Waals surface area contributed by atoms with Crippen LogP contribution >= 0.6 is 34.8 Å². The highest BCUT2D eigenvalue weighted by atomic mass is 35.6. The Kier molecular flexibility index (Phi) is 7.11. The number of hydrogen-bond donors (Lipinski definition) is 1. The van der Waals surface area contributed by atoms with E-state index in [1.807, 2.05) is 36.4 Å². The van der Waals surface area contributed by atoms with Crippen LogP contribution in [0.2, 0.25) is 0 Å². The fraction of sp³-hybridized carbons (Fsp3) is 0.522. The number of amides is 1. The van der Waals surface area contributed by atoms with Crippen molar-refractivity contribution in [3.8, 4) is 0 Å². The first-order valence-corrected chi connectivity index (χ1v) is 11.8. The van der Waals surface area contributed by atoms with Gasteiger partial charge in [-0.1, -0.05) is 77.6 Å². The summed E-state index contributed by atoms with van der Waals surface area (Å²) in [5, 5.41) is 4.64. The van der Waals surface area contributed by atoms with Gasteiger partial charge in [0.1, 0.15) is 0 Å². The number of carbonyl (C=O) groups excluding carboxylic acids is 1. The maximum Gasteiger partial charge on any atom is 0.254 e. The Labute approximate surface area is 192 Å². The molecule has 2 aliphatic rings. The first-order chi connectivity index (χ1) is 14.4. The second kappa shape index (κ2) is 9.62. The van der Waals surface area contributed by atoms with Crippen molar-refractivity contribution in [3.05, 3.63) is 48.0 Å². The van der Waals surface area contributed by atoms with E-state index in [0.29, 0.717) is 24.1 Å². The average Bonchev–Trinajstić information content (AvgIpc) is 2.75. The summed E-state index contributed by atoms with van der Waals surface area (Å²) >= 11 is 18.6. The van der Waals surface area contributed by atoms with Crippen molar-refractivity contribution in [2.75, 3.05) is 19.7 Å². The Morgan fingerprint density at radius 2 is 1.83 bits per heavy atom. The number of carbonyl (C=O) groups is 1. The molecule has 4 rings (SSSR count). The third kappa shape index (κ3) is 5.05. The normalized spacial score (nSPS) is 23.7. The van der Waals surface area contributed by atoms with E-state index in [2.05, 4.69) is 10.2 Å². The van der Waals surface area contributed by atoms with E-state index in [4.69, 9.17) is 39.5 Å². The molecule has 2 aromatic carbocycles. The quantitative estimate of drug-likeness (QED) is 0.461. The van der Waals surface area contributed by atoms with Crippen molar-refractivity contribution in [3.63, 3.8) is 0 Å². The summed E-state index contributed by atoms with van der Waals surface area (Å²) in [5.74, 6) is 0.0782. The predicted molar refractivity (Wildman–Crippen MR) is 123 cm³/mol. The third-order valence-electron chi connectivity index (χ3n) is 6.30. The summed E-state index contributed by atoms with van der Waals surface area (Å²) in [6, 6.07) is 13.8. The van der Waals surface area contributed by atoms with Gasteiger partial charge in [-0.2, -0.15) is 0 Å². The van der Waals surface area contributed by atoms with Gasteiger partial charge in [-0.25, -0.2) is 0 Å². The number of ether oxygens (including phenoxy) is 1. The monoisotopic (exact) mass is 468 g/mol.